The van der Waals surface area contributed by atoms with Gasteiger partial charge in [-0.15, -0.1) is 0 Å². The van der Waals surface area contributed by atoms with Crippen molar-refractivity contribution in [2.45, 2.75) is 99.3 Å². The monoisotopic (exact) mass is 338 g/mol. The van der Waals surface area contributed by atoms with E-state index in [1.165, 1.54) is 38.5 Å². The summed E-state index contributed by atoms with van der Waals surface area (Å²) >= 11 is 0. The van der Waals surface area contributed by atoms with E-state index in [-0.39, 0.29) is 0 Å². The van der Waals surface area contributed by atoms with E-state index < -0.39 is 0 Å². The molecule has 25 heavy (non-hydrogen) atoms. The predicted octanol–water partition coefficient (Wildman–Crippen LogP) is 7.38. The number of hydrogen-bond donors (Lipinski definition) is 0. The Hall–Kier alpha value is -1.30. The van der Waals surface area contributed by atoms with Gasteiger partial charge in [-0.1, -0.05) is 72.9 Å². The minimum atomic E-state index is 1.14. The van der Waals surface area contributed by atoms with E-state index in [4.69, 9.17) is 0 Å². The second kappa shape index (κ2) is 9.41. The lowest BCUT2D eigenvalue weighted by molar-refractivity contribution is 0.820. The second-order valence-electron chi connectivity index (χ2n) is 7.35. The highest BCUT2D eigenvalue weighted by atomic mass is 14.2. The zero-order valence-electron chi connectivity index (χ0n) is 17.5. The zero-order chi connectivity index (χ0) is 18.4. The maximum Gasteiger partial charge on any atom is -0.0112 e. The summed E-state index contributed by atoms with van der Waals surface area (Å²) in [5.74, 6) is 0. The maximum absolute atomic E-state index is 2.45. The van der Waals surface area contributed by atoms with E-state index in [1.54, 1.807) is 44.2 Å². The molecule has 0 unspecified atom stereocenters. The van der Waals surface area contributed by atoms with Crippen LogP contribution >= 0.6 is 0 Å². The molecule has 0 atom stereocenters. The Morgan fingerprint density at radius 1 is 0.520 bits per heavy atom. The van der Waals surface area contributed by atoms with E-state index >= 15 is 0 Å². The third-order valence-electron chi connectivity index (χ3n) is 5.72. The number of aryl methyl sites for hydroxylation is 4. The summed E-state index contributed by atoms with van der Waals surface area (Å²) in [5, 5.41) is 3.19. The smallest absolute Gasteiger partial charge is 0.0112 e. The summed E-state index contributed by atoms with van der Waals surface area (Å²) in [4.78, 5) is 0. The van der Waals surface area contributed by atoms with Crippen molar-refractivity contribution < 1.29 is 0 Å². The minimum absolute atomic E-state index is 1.14. The average Bonchev–Trinajstić information content (AvgIpc) is 2.63. The zero-order valence-corrected chi connectivity index (χ0v) is 17.5. The van der Waals surface area contributed by atoms with Crippen molar-refractivity contribution in [2.75, 3.05) is 0 Å². The molecule has 0 fully saturated rings. The van der Waals surface area contributed by atoms with Gasteiger partial charge in [0, 0.05) is 0 Å². The quantitative estimate of drug-likeness (QED) is 0.447. The maximum atomic E-state index is 2.45. The third kappa shape index (κ3) is 3.78. The van der Waals surface area contributed by atoms with Gasteiger partial charge in [-0.05, 0) is 82.7 Å². The third-order valence-corrected chi connectivity index (χ3v) is 5.72. The van der Waals surface area contributed by atoms with Crippen LogP contribution in [0.4, 0.5) is 0 Å². The molecule has 0 spiro atoms. The molecule has 0 amide bonds. The van der Waals surface area contributed by atoms with Crippen LogP contribution in [-0.4, -0.2) is 0 Å². The van der Waals surface area contributed by atoms with Crippen molar-refractivity contribution in [1.29, 1.82) is 0 Å². The Labute approximate surface area is 156 Å². The first kappa shape index (κ1) is 20.0. The molecule has 0 bridgehead atoms. The summed E-state index contributed by atoms with van der Waals surface area (Å²) < 4.78 is 0. The van der Waals surface area contributed by atoms with Gasteiger partial charge in [0.2, 0.25) is 0 Å². The largest absolute Gasteiger partial charge is 0.0651 e. The summed E-state index contributed by atoms with van der Waals surface area (Å²) in [7, 11) is 0. The first-order valence-electron chi connectivity index (χ1n) is 10.8. The van der Waals surface area contributed by atoms with Gasteiger partial charge in [-0.2, -0.15) is 0 Å². The van der Waals surface area contributed by atoms with Gasteiger partial charge in [0.05, 0.1) is 0 Å². The summed E-state index contributed by atoms with van der Waals surface area (Å²) in [6.45, 7) is 14.0. The van der Waals surface area contributed by atoms with Crippen molar-refractivity contribution in [2.24, 2.45) is 0 Å². The molecule has 0 N–H and O–H groups in total. The van der Waals surface area contributed by atoms with E-state index in [0.717, 1.165) is 19.3 Å². The van der Waals surface area contributed by atoms with Crippen LogP contribution in [-0.2, 0) is 38.5 Å². The Kier molecular flexibility index (Phi) is 7.54. The predicted molar refractivity (Wildman–Crippen MR) is 114 cm³/mol. The van der Waals surface area contributed by atoms with Gasteiger partial charge in [0.15, 0.2) is 0 Å². The standard InChI is InChI=1S/C25H38/c1-7-13-21-20(12-6)25-19(11-5)18(10-4)16-17-24(25)23(15-9-3)22(21)14-8-2/h16-17H,7-15H2,1-6H3. The van der Waals surface area contributed by atoms with Gasteiger partial charge in [-0.25, -0.2) is 0 Å². The molecule has 138 valence electrons. The fourth-order valence-corrected chi connectivity index (χ4v) is 4.73. The lowest BCUT2D eigenvalue weighted by Crippen LogP contribution is -2.09. The number of benzene rings is 2. The molecule has 0 radical (unpaired) electrons. The average molecular weight is 339 g/mol. The highest BCUT2D eigenvalue weighted by Crippen LogP contribution is 2.37. The highest BCUT2D eigenvalue weighted by Gasteiger charge is 2.19. The van der Waals surface area contributed by atoms with E-state index in [0.29, 0.717) is 0 Å². The highest BCUT2D eigenvalue weighted by molar-refractivity contribution is 5.94. The topological polar surface area (TPSA) is 0 Å². The molecule has 0 aliphatic carbocycles. The first-order valence-corrected chi connectivity index (χ1v) is 10.8. The van der Waals surface area contributed by atoms with Gasteiger partial charge in [0.25, 0.3) is 0 Å². The Bertz CT molecular complexity index is 706. The molecular formula is C25H38. The van der Waals surface area contributed by atoms with Crippen molar-refractivity contribution in [3.8, 4) is 0 Å². The number of fused-ring (bicyclic) bond motifs is 1. The molecule has 0 heterocycles. The van der Waals surface area contributed by atoms with Crippen LogP contribution in [0.25, 0.3) is 10.8 Å². The van der Waals surface area contributed by atoms with E-state index in [1.807, 2.05) is 0 Å². The van der Waals surface area contributed by atoms with Gasteiger partial charge >= 0.3 is 0 Å². The van der Waals surface area contributed by atoms with Gasteiger partial charge < -0.3 is 0 Å². The van der Waals surface area contributed by atoms with Crippen LogP contribution in [0.5, 0.6) is 0 Å². The van der Waals surface area contributed by atoms with Crippen molar-refractivity contribution in [1.82, 2.24) is 0 Å². The van der Waals surface area contributed by atoms with Crippen molar-refractivity contribution in [3.63, 3.8) is 0 Å². The minimum Gasteiger partial charge on any atom is -0.0651 e. The molecule has 0 aromatic heterocycles. The lowest BCUT2D eigenvalue weighted by atomic mass is 9.80. The number of rotatable bonds is 9. The SMILES string of the molecule is CCCc1c(CCC)c(CC)c2c(CC)c(CC)ccc2c1CCC. The fourth-order valence-electron chi connectivity index (χ4n) is 4.73. The Balaban J connectivity index is 3.00. The molecule has 0 aliphatic heterocycles. The van der Waals surface area contributed by atoms with E-state index in [2.05, 4.69) is 53.7 Å². The van der Waals surface area contributed by atoms with Crippen LogP contribution < -0.4 is 0 Å². The van der Waals surface area contributed by atoms with E-state index in [9.17, 15) is 0 Å². The molecule has 0 saturated heterocycles. The number of hydrogen-bond acceptors (Lipinski definition) is 0. The summed E-state index contributed by atoms with van der Waals surface area (Å²) in [6.07, 6.45) is 10.9. The second-order valence-corrected chi connectivity index (χ2v) is 7.35. The lowest BCUT2D eigenvalue weighted by Gasteiger charge is -2.25. The molecule has 2 rings (SSSR count). The molecule has 0 heteroatoms. The normalized spacial score (nSPS) is 11.4. The summed E-state index contributed by atoms with van der Waals surface area (Å²) in [6, 6.07) is 4.86. The van der Waals surface area contributed by atoms with Crippen LogP contribution in [0.3, 0.4) is 0 Å². The van der Waals surface area contributed by atoms with Crippen LogP contribution in [0.2, 0.25) is 0 Å². The Morgan fingerprint density at radius 2 is 1.04 bits per heavy atom. The molecule has 0 saturated carbocycles. The molecule has 2 aromatic carbocycles. The molecule has 2 aromatic rings. The van der Waals surface area contributed by atoms with Crippen molar-refractivity contribution in [3.05, 3.63) is 45.5 Å². The summed E-state index contributed by atoms with van der Waals surface area (Å²) in [5.41, 5.74) is 9.89. The molecule has 0 nitrogen and oxygen atoms in total. The van der Waals surface area contributed by atoms with Gasteiger partial charge in [-0.3, -0.25) is 0 Å². The molecule has 0 aliphatic rings. The first-order chi connectivity index (χ1) is 12.2. The molecular weight excluding hydrogens is 300 g/mol. The van der Waals surface area contributed by atoms with Crippen LogP contribution in [0.15, 0.2) is 12.1 Å². The Morgan fingerprint density at radius 3 is 1.52 bits per heavy atom. The fraction of sp³-hybridized carbons (Fsp3) is 0.600. The van der Waals surface area contributed by atoms with Crippen molar-refractivity contribution >= 4 is 10.8 Å². The van der Waals surface area contributed by atoms with Crippen LogP contribution in [0, 0.1) is 0 Å². The van der Waals surface area contributed by atoms with Gasteiger partial charge in [0.1, 0.15) is 0 Å². The van der Waals surface area contributed by atoms with Crippen LogP contribution in [0.1, 0.15) is 94.2 Å².